The second-order valence-corrected chi connectivity index (χ2v) is 4.65. The Morgan fingerprint density at radius 1 is 1.53 bits per heavy atom. The fraction of sp³-hybridized carbons (Fsp3) is 0.250. The van der Waals surface area contributed by atoms with Crippen LogP contribution in [0, 0.1) is 11.7 Å². The van der Waals surface area contributed by atoms with Crippen LogP contribution in [0.5, 0.6) is 0 Å². The van der Waals surface area contributed by atoms with Crippen LogP contribution in [0.25, 0.3) is 0 Å². The Labute approximate surface area is 109 Å². The van der Waals surface area contributed by atoms with Crippen molar-refractivity contribution in [1.82, 2.24) is 0 Å². The van der Waals surface area contributed by atoms with Gasteiger partial charge in [-0.15, -0.1) is 5.46 Å². The van der Waals surface area contributed by atoms with Crippen LogP contribution in [-0.4, -0.2) is 27.9 Å². The van der Waals surface area contributed by atoms with Gasteiger partial charge in [-0.1, -0.05) is 31.2 Å². The zero-order chi connectivity index (χ0) is 14.4. The summed E-state index contributed by atoms with van der Waals surface area (Å²) in [6, 6.07) is 3.49. The zero-order valence-electron chi connectivity index (χ0n) is 10.2. The fourth-order valence-electron chi connectivity index (χ4n) is 2.25. The second-order valence-electron chi connectivity index (χ2n) is 4.65. The lowest BCUT2D eigenvalue weighted by atomic mass is 9.70. The molecule has 7 heteroatoms. The van der Waals surface area contributed by atoms with Gasteiger partial charge in [0, 0.05) is 17.6 Å². The summed E-state index contributed by atoms with van der Waals surface area (Å²) in [4.78, 5) is 10.9. The molecule has 0 saturated heterocycles. The van der Waals surface area contributed by atoms with E-state index in [1.54, 1.807) is 6.92 Å². The van der Waals surface area contributed by atoms with Gasteiger partial charge in [0.1, 0.15) is 5.82 Å². The minimum Gasteiger partial charge on any atom is -0.556 e. The summed E-state index contributed by atoms with van der Waals surface area (Å²) in [7, 11) is 0. The summed E-state index contributed by atoms with van der Waals surface area (Å²) < 4.78 is 18.2. The molecule has 1 aliphatic rings. The maximum atomic E-state index is 13.1. The summed E-state index contributed by atoms with van der Waals surface area (Å²) >= 11 is 0. The molecule has 0 bridgehead atoms. The molecule has 1 aromatic rings. The molecule has 0 amide bonds. The van der Waals surface area contributed by atoms with Gasteiger partial charge in [-0.05, 0) is 6.07 Å². The molecule has 5 nitrogen and oxygen atoms in total. The highest BCUT2D eigenvalue weighted by atomic mass is 19.1. The second kappa shape index (κ2) is 4.45. The highest BCUT2D eigenvalue weighted by molar-refractivity contribution is 6.74. The smallest absolute Gasteiger partial charge is 0.405 e. The molecule has 1 aliphatic heterocycles. The molecule has 19 heavy (non-hydrogen) atoms. The van der Waals surface area contributed by atoms with Crippen LogP contribution in [-0.2, 0) is 9.45 Å². The van der Waals surface area contributed by atoms with E-state index in [4.69, 9.17) is 9.76 Å². The highest BCUT2D eigenvalue weighted by Crippen LogP contribution is 2.36. The first-order valence-corrected chi connectivity index (χ1v) is 5.72. The van der Waals surface area contributed by atoms with Crippen molar-refractivity contribution >= 4 is 18.2 Å². The molecule has 1 aromatic carbocycles. The molecule has 0 spiro atoms. The topological polar surface area (TPSA) is 87.0 Å². The molecular weight excluding hydrogens is 254 g/mol. The molecule has 3 N–H and O–H groups in total. The molecular formula is C12H13BFO5-. The van der Waals surface area contributed by atoms with E-state index in [1.165, 1.54) is 6.07 Å². The fourth-order valence-corrected chi connectivity index (χ4v) is 2.25. The minimum absolute atomic E-state index is 0.0601. The number of carbonyl (C=O) groups is 1. The molecule has 2 rings (SSSR count). The normalized spacial score (nSPS) is 21.8. The Bertz CT molecular complexity index is 557. The van der Waals surface area contributed by atoms with E-state index >= 15 is 0 Å². The van der Waals surface area contributed by atoms with Crippen molar-refractivity contribution in [3.63, 3.8) is 0 Å². The van der Waals surface area contributed by atoms with Crippen molar-refractivity contribution in [1.29, 1.82) is 0 Å². The van der Waals surface area contributed by atoms with Crippen molar-refractivity contribution < 1.29 is 29.0 Å². The van der Waals surface area contributed by atoms with Gasteiger partial charge in [0.2, 0.25) is 0 Å². The molecule has 0 radical (unpaired) electrons. The number of carboxylic acids is 1. The van der Waals surface area contributed by atoms with E-state index in [2.05, 4.69) is 6.58 Å². The van der Waals surface area contributed by atoms with Gasteiger partial charge < -0.3 is 19.8 Å². The first kappa shape index (κ1) is 13.7. The molecule has 0 saturated carbocycles. The van der Waals surface area contributed by atoms with Gasteiger partial charge in [0.25, 0.3) is 0 Å². The quantitative estimate of drug-likeness (QED) is 0.541. The molecule has 102 valence electrons. The number of fused-ring (bicyclic) bond motifs is 1. The van der Waals surface area contributed by atoms with Gasteiger partial charge >= 0.3 is 12.7 Å². The van der Waals surface area contributed by atoms with Crippen molar-refractivity contribution in [2.24, 2.45) is 5.92 Å². The molecule has 0 aliphatic carbocycles. The average molecular weight is 267 g/mol. The van der Waals surface area contributed by atoms with Gasteiger partial charge in [-0.2, -0.15) is 0 Å². The van der Waals surface area contributed by atoms with Crippen LogP contribution in [0.1, 0.15) is 18.6 Å². The Morgan fingerprint density at radius 3 is 2.74 bits per heavy atom. The lowest BCUT2D eigenvalue weighted by molar-refractivity contribution is -0.133. The molecule has 0 fully saturated rings. The summed E-state index contributed by atoms with van der Waals surface area (Å²) in [5.74, 6) is -2.49. The Hall–Kier alpha value is -1.70. The van der Waals surface area contributed by atoms with Crippen LogP contribution >= 0.6 is 0 Å². The summed E-state index contributed by atoms with van der Waals surface area (Å²) in [5.41, 5.74) is 0.185. The number of carboxylic acid groups (broad SMARTS) is 1. The number of halogens is 1. The van der Waals surface area contributed by atoms with Gasteiger partial charge in [-0.3, -0.25) is 0 Å². The number of hydrogen-bond donors (Lipinski definition) is 3. The number of benzene rings is 1. The Morgan fingerprint density at radius 2 is 2.16 bits per heavy atom. The van der Waals surface area contributed by atoms with E-state index in [9.17, 15) is 19.2 Å². The van der Waals surface area contributed by atoms with E-state index in [-0.39, 0.29) is 11.0 Å². The van der Waals surface area contributed by atoms with Crippen molar-refractivity contribution in [2.45, 2.75) is 13.0 Å². The van der Waals surface area contributed by atoms with Crippen molar-refractivity contribution in [3.05, 3.63) is 41.7 Å². The van der Waals surface area contributed by atoms with Crippen LogP contribution < -0.4 is 5.46 Å². The highest BCUT2D eigenvalue weighted by Gasteiger charge is 2.41. The number of hydrogen-bond acceptors (Lipinski definition) is 4. The van der Waals surface area contributed by atoms with Crippen LogP contribution in [0.4, 0.5) is 4.39 Å². The maximum absolute atomic E-state index is 13.1. The lowest BCUT2D eigenvalue weighted by Gasteiger charge is -2.28. The molecule has 2 atom stereocenters. The van der Waals surface area contributed by atoms with Gasteiger partial charge in [-0.25, -0.2) is 9.18 Å². The third-order valence-electron chi connectivity index (χ3n) is 3.38. The van der Waals surface area contributed by atoms with E-state index in [0.717, 1.165) is 12.1 Å². The molecule has 0 unspecified atom stereocenters. The molecule has 1 heterocycles. The Balaban J connectivity index is 2.43. The van der Waals surface area contributed by atoms with Crippen molar-refractivity contribution in [3.8, 4) is 0 Å². The average Bonchev–Trinajstić information content (AvgIpc) is 2.59. The third-order valence-corrected chi connectivity index (χ3v) is 3.38. The monoisotopic (exact) mass is 267 g/mol. The summed E-state index contributed by atoms with van der Waals surface area (Å²) in [6.45, 7) is 1.65. The maximum Gasteiger partial charge on any atom is 0.405 e. The van der Waals surface area contributed by atoms with Crippen molar-refractivity contribution in [2.75, 3.05) is 0 Å². The van der Waals surface area contributed by atoms with Crippen LogP contribution in [0.2, 0.25) is 0 Å². The third kappa shape index (κ3) is 2.27. The predicted molar refractivity (Wildman–Crippen MR) is 66.0 cm³/mol. The molecule has 0 aromatic heterocycles. The van der Waals surface area contributed by atoms with E-state index < -0.39 is 30.6 Å². The van der Waals surface area contributed by atoms with E-state index in [0.29, 0.717) is 5.56 Å². The van der Waals surface area contributed by atoms with Gasteiger partial charge in [0.15, 0.2) is 0 Å². The summed E-state index contributed by atoms with van der Waals surface area (Å²) in [5, 5.41) is 28.4. The van der Waals surface area contributed by atoms with Crippen LogP contribution in [0.3, 0.4) is 0 Å². The predicted octanol–water partition coefficient (Wildman–Crippen LogP) is 0.304. The van der Waals surface area contributed by atoms with E-state index in [1.807, 2.05) is 0 Å². The number of rotatable bonds is 3. The minimum atomic E-state index is -3.32. The number of aliphatic carboxylic acids is 1. The Kier molecular flexibility index (Phi) is 3.21. The summed E-state index contributed by atoms with van der Waals surface area (Å²) in [6.07, 6.45) is -0.880. The standard InChI is InChI=1S/C12H13BFO5/c1-6(7(2)12(15)16)11-9-4-3-8(14)5-10(9)13(17,18)19-11/h3-6,11,17-18H,2H2,1H3,(H,15,16)/q-1/t6-,11-/m1/s1. The lowest BCUT2D eigenvalue weighted by Crippen LogP contribution is -2.48. The van der Waals surface area contributed by atoms with Gasteiger partial charge in [0.05, 0.1) is 0 Å². The zero-order valence-corrected chi connectivity index (χ0v) is 10.2. The first-order chi connectivity index (χ1) is 8.74. The van der Waals surface area contributed by atoms with Crippen LogP contribution in [0.15, 0.2) is 30.4 Å². The largest absolute Gasteiger partial charge is 0.556 e. The first-order valence-electron chi connectivity index (χ1n) is 5.72. The SMILES string of the molecule is C=C(C(=O)O)[C@@H](C)[C@H]1O[B-](O)(O)c2cc(F)ccc21.